The molecule has 0 spiro atoms. The van der Waals surface area contributed by atoms with Crippen molar-refractivity contribution in [1.82, 2.24) is 4.98 Å². The SMILES string of the molecule is O=C(Cc1csc(-c2ccccc2)n1)Nc1ccccc1I. The molecule has 1 N–H and O–H groups in total. The average Bonchev–Trinajstić information content (AvgIpc) is 2.99. The second-order valence-electron chi connectivity index (χ2n) is 4.71. The Bertz CT molecular complexity index is 786. The van der Waals surface area contributed by atoms with Gasteiger partial charge in [0.05, 0.1) is 17.8 Å². The molecule has 0 saturated carbocycles. The van der Waals surface area contributed by atoms with Crippen molar-refractivity contribution in [3.8, 4) is 10.6 Å². The van der Waals surface area contributed by atoms with Gasteiger partial charge in [-0.1, -0.05) is 42.5 Å². The van der Waals surface area contributed by atoms with Gasteiger partial charge in [0.1, 0.15) is 5.01 Å². The van der Waals surface area contributed by atoms with Crippen molar-refractivity contribution in [2.45, 2.75) is 6.42 Å². The molecular weight excluding hydrogens is 407 g/mol. The first-order chi connectivity index (χ1) is 10.7. The Kier molecular flexibility index (Phi) is 4.84. The lowest BCUT2D eigenvalue weighted by molar-refractivity contribution is -0.115. The molecule has 0 unspecified atom stereocenters. The standard InChI is InChI=1S/C17H13IN2OS/c18-14-8-4-5-9-15(14)20-16(21)10-13-11-22-17(19-13)12-6-2-1-3-7-12/h1-9,11H,10H2,(H,20,21). The lowest BCUT2D eigenvalue weighted by Crippen LogP contribution is -2.15. The van der Waals surface area contributed by atoms with Crippen LogP contribution in [0.2, 0.25) is 0 Å². The second kappa shape index (κ2) is 7.02. The molecule has 3 nitrogen and oxygen atoms in total. The van der Waals surface area contributed by atoms with E-state index < -0.39 is 0 Å². The number of para-hydroxylation sites is 1. The highest BCUT2D eigenvalue weighted by Crippen LogP contribution is 2.24. The minimum Gasteiger partial charge on any atom is -0.325 e. The maximum Gasteiger partial charge on any atom is 0.230 e. The molecule has 0 bridgehead atoms. The summed E-state index contributed by atoms with van der Waals surface area (Å²) in [5.74, 6) is -0.0472. The molecule has 5 heteroatoms. The van der Waals surface area contributed by atoms with Gasteiger partial charge in [0.15, 0.2) is 0 Å². The van der Waals surface area contributed by atoms with Gasteiger partial charge in [-0.2, -0.15) is 0 Å². The highest BCUT2D eigenvalue weighted by molar-refractivity contribution is 14.1. The van der Waals surface area contributed by atoms with E-state index in [4.69, 9.17) is 0 Å². The summed E-state index contributed by atoms with van der Waals surface area (Å²) in [6.45, 7) is 0. The summed E-state index contributed by atoms with van der Waals surface area (Å²) >= 11 is 3.77. The van der Waals surface area contributed by atoms with Gasteiger partial charge < -0.3 is 5.32 Å². The fraction of sp³-hybridized carbons (Fsp3) is 0.0588. The molecule has 1 amide bonds. The van der Waals surface area contributed by atoms with Crippen LogP contribution in [0.1, 0.15) is 5.69 Å². The minimum atomic E-state index is -0.0472. The van der Waals surface area contributed by atoms with E-state index in [0.717, 1.165) is 25.5 Å². The zero-order valence-corrected chi connectivity index (χ0v) is 14.6. The van der Waals surface area contributed by atoms with Gasteiger partial charge in [0, 0.05) is 14.5 Å². The van der Waals surface area contributed by atoms with Gasteiger partial charge >= 0.3 is 0 Å². The summed E-state index contributed by atoms with van der Waals surface area (Å²) in [6, 6.07) is 17.7. The lowest BCUT2D eigenvalue weighted by atomic mass is 10.2. The number of hydrogen-bond donors (Lipinski definition) is 1. The molecule has 22 heavy (non-hydrogen) atoms. The third kappa shape index (κ3) is 3.72. The third-order valence-electron chi connectivity index (χ3n) is 3.06. The van der Waals surface area contributed by atoms with Crippen LogP contribution in [-0.4, -0.2) is 10.9 Å². The largest absolute Gasteiger partial charge is 0.325 e. The first kappa shape index (κ1) is 15.2. The maximum absolute atomic E-state index is 12.1. The van der Waals surface area contributed by atoms with E-state index in [9.17, 15) is 4.79 Å². The summed E-state index contributed by atoms with van der Waals surface area (Å²) in [7, 11) is 0. The average molecular weight is 420 g/mol. The van der Waals surface area contributed by atoms with Crippen LogP contribution < -0.4 is 5.32 Å². The summed E-state index contributed by atoms with van der Waals surface area (Å²) in [6.07, 6.45) is 0.286. The van der Waals surface area contributed by atoms with E-state index in [0.29, 0.717) is 0 Å². The molecule has 1 heterocycles. The summed E-state index contributed by atoms with van der Waals surface area (Å²) < 4.78 is 1.02. The van der Waals surface area contributed by atoms with Crippen LogP contribution in [0.5, 0.6) is 0 Å². The number of nitrogens with one attached hydrogen (secondary N) is 1. The number of thiazole rings is 1. The van der Waals surface area contributed by atoms with E-state index in [1.807, 2.05) is 60.0 Å². The van der Waals surface area contributed by atoms with Crippen LogP contribution in [0, 0.1) is 3.57 Å². The summed E-state index contributed by atoms with van der Waals surface area (Å²) in [5.41, 5.74) is 2.72. The molecule has 1 aromatic heterocycles. The number of aromatic nitrogens is 1. The van der Waals surface area contributed by atoms with Gasteiger partial charge in [0.2, 0.25) is 5.91 Å². The van der Waals surface area contributed by atoms with Crippen molar-refractivity contribution in [2.75, 3.05) is 5.32 Å². The zero-order chi connectivity index (χ0) is 15.4. The Labute approximate surface area is 146 Å². The molecular formula is C17H13IN2OS. The first-order valence-corrected chi connectivity index (χ1v) is 8.72. The number of amides is 1. The molecule has 0 aliphatic carbocycles. The fourth-order valence-electron chi connectivity index (χ4n) is 2.02. The molecule has 0 radical (unpaired) electrons. The first-order valence-electron chi connectivity index (χ1n) is 6.76. The van der Waals surface area contributed by atoms with E-state index in [1.54, 1.807) is 11.3 Å². The van der Waals surface area contributed by atoms with Crippen LogP contribution in [0.4, 0.5) is 5.69 Å². The Morgan fingerprint density at radius 2 is 1.82 bits per heavy atom. The number of halogens is 1. The number of nitrogens with zero attached hydrogens (tertiary/aromatic N) is 1. The number of rotatable bonds is 4. The molecule has 0 aliphatic rings. The monoisotopic (exact) mass is 420 g/mol. The van der Waals surface area contributed by atoms with Crippen molar-refractivity contribution in [2.24, 2.45) is 0 Å². The molecule has 0 saturated heterocycles. The zero-order valence-electron chi connectivity index (χ0n) is 11.6. The van der Waals surface area contributed by atoms with Crippen LogP contribution in [0.25, 0.3) is 10.6 Å². The second-order valence-corrected chi connectivity index (χ2v) is 6.74. The summed E-state index contributed by atoms with van der Waals surface area (Å²) in [5, 5.41) is 5.81. The topological polar surface area (TPSA) is 42.0 Å². The maximum atomic E-state index is 12.1. The molecule has 0 atom stereocenters. The van der Waals surface area contributed by atoms with Gasteiger partial charge in [-0.25, -0.2) is 4.98 Å². The Morgan fingerprint density at radius 1 is 1.09 bits per heavy atom. The van der Waals surface area contributed by atoms with Crippen molar-refractivity contribution in [3.05, 3.63) is 69.2 Å². The Balaban J connectivity index is 1.68. The Morgan fingerprint density at radius 3 is 2.59 bits per heavy atom. The smallest absolute Gasteiger partial charge is 0.230 e. The van der Waals surface area contributed by atoms with Gasteiger partial charge in [0.25, 0.3) is 0 Å². The number of benzene rings is 2. The fourth-order valence-corrected chi connectivity index (χ4v) is 3.37. The van der Waals surface area contributed by atoms with Crippen LogP contribution in [0.15, 0.2) is 60.0 Å². The number of anilines is 1. The van der Waals surface area contributed by atoms with Crippen LogP contribution >= 0.6 is 33.9 Å². The highest BCUT2D eigenvalue weighted by Gasteiger charge is 2.10. The third-order valence-corrected chi connectivity index (χ3v) is 4.94. The number of carbonyl (C=O) groups is 1. The van der Waals surface area contributed by atoms with E-state index in [2.05, 4.69) is 32.9 Å². The van der Waals surface area contributed by atoms with Crippen molar-refractivity contribution < 1.29 is 4.79 Å². The quantitative estimate of drug-likeness (QED) is 0.628. The number of carbonyl (C=O) groups excluding carboxylic acids is 1. The number of hydrogen-bond acceptors (Lipinski definition) is 3. The van der Waals surface area contributed by atoms with E-state index in [1.165, 1.54) is 0 Å². The van der Waals surface area contributed by atoms with Crippen LogP contribution in [0.3, 0.4) is 0 Å². The highest BCUT2D eigenvalue weighted by atomic mass is 127. The van der Waals surface area contributed by atoms with Crippen LogP contribution in [-0.2, 0) is 11.2 Å². The Hall–Kier alpha value is -1.73. The van der Waals surface area contributed by atoms with Crippen molar-refractivity contribution in [3.63, 3.8) is 0 Å². The summed E-state index contributed by atoms with van der Waals surface area (Å²) in [4.78, 5) is 16.7. The predicted molar refractivity (Wildman–Crippen MR) is 99.0 cm³/mol. The molecule has 110 valence electrons. The lowest BCUT2D eigenvalue weighted by Gasteiger charge is -2.05. The molecule has 2 aromatic carbocycles. The predicted octanol–water partition coefficient (Wildman–Crippen LogP) is 4.60. The molecule has 3 rings (SSSR count). The van der Waals surface area contributed by atoms with Gasteiger partial charge in [-0.3, -0.25) is 4.79 Å². The van der Waals surface area contributed by atoms with Crippen molar-refractivity contribution >= 4 is 45.5 Å². The van der Waals surface area contributed by atoms with Gasteiger partial charge in [-0.15, -0.1) is 11.3 Å². The molecule has 3 aromatic rings. The van der Waals surface area contributed by atoms with E-state index >= 15 is 0 Å². The normalized spacial score (nSPS) is 10.4. The molecule has 0 fully saturated rings. The van der Waals surface area contributed by atoms with E-state index in [-0.39, 0.29) is 12.3 Å². The van der Waals surface area contributed by atoms with Crippen molar-refractivity contribution in [1.29, 1.82) is 0 Å². The molecule has 0 aliphatic heterocycles. The minimum absolute atomic E-state index is 0.0472. The van der Waals surface area contributed by atoms with Gasteiger partial charge in [-0.05, 0) is 34.7 Å².